The second-order valence-electron chi connectivity index (χ2n) is 3.59. The molecule has 1 rings (SSSR count). The van der Waals surface area contributed by atoms with Gasteiger partial charge < -0.3 is 10.2 Å². The molecule has 0 unspecified atom stereocenters. The van der Waals surface area contributed by atoms with Crippen LogP contribution in [0.1, 0.15) is 29.8 Å². The Balaban J connectivity index is 3.28. The molecule has 0 aliphatic rings. The van der Waals surface area contributed by atoms with Crippen LogP contribution >= 0.6 is 15.9 Å². The number of rotatable bonds is 2. The van der Waals surface area contributed by atoms with Gasteiger partial charge in [-0.1, -0.05) is 15.9 Å². The highest BCUT2D eigenvalue weighted by atomic mass is 79.9. The lowest BCUT2D eigenvalue weighted by atomic mass is 9.97. The number of hydrogen-bond donors (Lipinski definition) is 2. The number of aliphatic hydroxyl groups is 1. The smallest absolute Gasteiger partial charge is 0.335 e. The first-order chi connectivity index (χ1) is 6.30. The van der Waals surface area contributed by atoms with Crippen LogP contribution in [0.4, 0.5) is 0 Å². The third-order valence-electron chi connectivity index (χ3n) is 1.85. The summed E-state index contributed by atoms with van der Waals surface area (Å²) in [5, 5.41) is 18.5. The third-order valence-corrected chi connectivity index (χ3v) is 2.31. The molecule has 0 radical (unpaired) electrons. The van der Waals surface area contributed by atoms with Gasteiger partial charge in [0, 0.05) is 4.47 Å². The monoisotopic (exact) mass is 258 g/mol. The van der Waals surface area contributed by atoms with Gasteiger partial charge in [-0.15, -0.1) is 0 Å². The lowest BCUT2D eigenvalue weighted by Crippen LogP contribution is -2.16. The fourth-order valence-electron chi connectivity index (χ4n) is 1.07. The standard InChI is InChI=1S/C10H11BrO3/c1-10(2,14)7-3-6(9(12)13)4-8(11)5-7/h3-5,14H,1-2H3,(H,12,13). The zero-order chi connectivity index (χ0) is 10.9. The van der Waals surface area contributed by atoms with Crippen LogP contribution in [0.5, 0.6) is 0 Å². The lowest BCUT2D eigenvalue weighted by molar-refractivity contribution is 0.0693. The van der Waals surface area contributed by atoms with E-state index in [1.807, 2.05) is 0 Å². The second kappa shape index (κ2) is 3.71. The Morgan fingerprint density at radius 1 is 1.36 bits per heavy atom. The summed E-state index contributed by atoms with van der Waals surface area (Å²) in [6, 6.07) is 4.66. The summed E-state index contributed by atoms with van der Waals surface area (Å²) >= 11 is 3.20. The van der Waals surface area contributed by atoms with Gasteiger partial charge >= 0.3 is 5.97 Å². The Bertz CT molecular complexity index is 366. The van der Waals surface area contributed by atoms with E-state index in [9.17, 15) is 9.90 Å². The van der Waals surface area contributed by atoms with E-state index in [0.717, 1.165) is 0 Å². The highest BCUT2D eigenvalue weighted by Crippen LogP contribution is 2.24. The highest BCUT2D eigenvalue weighted by Gasteiger charge is 2.18. The summed E-state index contributed by atoms with van der Waals surface area (Å²) in [5.41, 5.74) is -0.297. The fourth-order valence-corrected chi connectivity index (χ4v) is 1.56. The van der Waals surface area contributed by atoms with Gasteiger partial charge in [-0.3, -0.25) is 0 Å². The molecule has 14 heavy (non-hydrogen) atoms. The van der Waals surface area contributed by atoms with Crippen LogP contribution in [0, 0.1) is 0 Å². The quantitative estimate of drug-likeness (QED) is 0.857. The molecule has 0 aliphatic heterocycles. The van der Waals surface area contributed by atoms with Crippen LogP contribution in [0.15, 0.2) is 22.7 Å². The van der Waals surface area contributed by atoms with Crippen LogP contribution in [-0.4, -0.2) is 16.2 Å². The normalized spacial score (nSPS) is 11.4. The molecule has 0 aromatic heterocycles. The molecule has 3 nitrogen and oxygen atoms in total. The van der Waals surface area contributed by atoms with Gasteiger partial charge in [0.05, 0.1) is 11.2 Å². The molecule has 1 aromatic carbocycles. The average molecular weight is 259 g/mol. The van der Waals surface area contributed by atoms with E-state index in [0.29, 0.717) is 10.0 Å². The van der Waals surface area contributed by atoms with Crippen molar-refractivity contribution in [2.75, 3.05) is 0 Å². The lowest BCUT2D eigenvalue weighted by Gasteiger charge is -2.18. The van der Waals surface area contributed by atoms with Crippen molar-refractivity contribution >= 4 is 21.9 Å². The summed E-state index contributed by atoms with van der Waals surface area (Å²) in [6.45, 7) is 3.22. The minimum atomic E-state index is -1.03. The van der Waals surface area contributed by atoms with Crippen molar-refractivity contribution in [3.05, 3.63) is 33.8 Å². The van der Waals surface area contributed by atoms with Gasteiger partial charge in [0.2, 0.25) is 0 Å². The van der Waals surface area contributed by atoms with E-state index in [1.54, 1.807) is 19.9 Å². The van der Waals surface area contributed by atoms with Gasteiger partial charge in [0.1, 0.15) is 0 Å². The van der Waals surface area contributed by atoms with Crippen molar-refractivity contribution in [2.45, 2.75) is 19.4 Å². The summed E-state index contributed by atoms with van der Waals surface area (Å²) < 4.78 is 0.648. The zero-order valence-electron chi connectivity index (χ0n) is 7.91. The Morgan fingerprint density at radius 2 is 1.93 bits per heavy atom. The first kappa shape index (κ1) is 11.2. The summed E-state index contributed by atoms with van der Waals surface area (Å²) in [4.78, 5) is 10.7. The minimum Gasteiger partial charge on any atom is -0.478 e. The zero-order valence-corrected chi connectivity index (χ0v) is 9.50. The Hall–Kier alpha value is -0.870. The van der Waals surface area contributed by atoms with Crippen molar-refractivity contribution in [3.63, 3.8) is 0 Å². The van der Waals surface area contributed by atoms with Crippen molar-refractivity contribution < 1.29 is 15.0 Å². The predicted molar refractivity (Wildman–Crippen MR) is 56.3 cm³/mol. The first-order valence-electron chi connectivity index (χ1n) is 4.07. The maximum Gasteiger partial charge on any atom is 0.335 e. The molecule has 0 bridgehead atoms. The molecule has 1 aromatic rings. The molecule has 0 saturated heterocycles. The number of carboxylic acid groups (broad SMARTS) is 1. The largest absolute Gasteiger partial charge is 0.478 e. The topological polar surface area (TPSA) is 57.5 Å². The van der Waals surface area contributed by atoms with Crippen LogP contribution in [0.3, 0.4) is 0 Å². The number of halogens is 1. The first-order valence-corrected chi connectivity index (χ1v) is 4.87. The molecule has 0 spiro atoms. The SMILES string of the molecule is CC(C)(O)c1cc(Br)cc(C(=O)O)c1. The number of carbonyl (C=O) groups is 1. The predicted octanol–water partition coefficient (Wildman–Crippen LogP) is 2.37. The highest BCUT2D eigenvalue weighted by molar-refractivity contribution is 9.10. The Labute approximate surface area is 90.5 Å². The molecule has 4 heteroatoms. The van der Waals surface area contributed by atoms with E-state index >= 15 is 0 Å². The van der Waals surface area contributed by atoms with E-state index in [-0.39, 0.29) is 5.56 Å². The van der Waals surface area contributed by atoms with Crippen LogP contribution in [0.25, 0.3) is 0 Å². The van der Waals surface area contributed by atoms with Crippen LogP contribution < -0.4 is 0 Å². The number of benzene rings is 1. The van der Waals surface area contributed by atoms with Crippen molar-refractivity contribution in [1.29, 1.82) is 0 Å². The van der Waals surface area contributed by atoms with E-state index in [2.05, 4.69) is 15.9 Å². The van der Waals surface area contributed by atoms with Crippen LogP contribution in [-0.2, 0) is 5.60 Å². The van der Waals surface area contributed by atoms with E-state index in [1.165, 1.54) is 12.1 Å². The molecule has 0 heterocycles. The minimum absolute atomic E-state index is 0.163. The van der Waals surface area contributed by atoms with Crippen LogP contribution in [0.2, 0.25) is 0 Å². The fraction of sp³-hybridized carbons (Fsp3) is 0.300. The van der Waals surface area contributed by atoms with Gasteiger partial charge in [-0.2, -0.15) is 0 Å². The summed E-state index contributed by atoms with van der Waals surface area (Å²) in [7, 11) is 0. The van der Waals surface area contributed by atoms with E-state index < -0.39 is 11.6 Å². The van der Waals surface area contributed by atoms with E-state index in [4.69, 9.17) is 5.11 Å². The molecule has 0 fully saturated rings. The number of hydrogen-bond acceptors (Lipinski definition) is 2. The van der Waals surface area contributed by atoms with Gasteiger partial charge in [-0.25, -0.2) is 4.79 Å². The maximum atomic E-state index is 10.7. The van der Waals surface area contributed by atoms with Crippen molar-refractivity contribution in [1.82, 2.24) is 0 Å². The third kappa shape index (κ3) is 2.56. The number of aromatic carboxylic acids is 1. The molecular weight excluding hydrogens is 248 g/mol. The molecule has 0 amide bonds. The Morgan fingerprint density at radius 3 is 2.36 bits per heavy atom. The second-order valence-corrected chi connectivity index (χ2v) is 4.51. The van der Waals surface area contributed by atoms with Gasteiger partial charge in [0.25, 0.3) is 0 Å². The van der Waals surface area contributed by atoms with Crippen molar-refractivity contribution in [3.8, 4) is 0 Å². The molecule has 0 aliphatic carbocycles. The average Bonchev–Trinajstić information content (AvgIpc) is 2.01. The molecule has 0 saturated carbocycles. The summed E-state index contributed by atoms with van der Waals surface area (Å²) in [5.74, 6) is -1.00. The molecule has 76 valence electrons. The maximum absolute atomic E-state index is 10.7. The molecular formula is C10H11BrO3. The molecule has 0 atom stereocenters. The van der Waals surface area contributed by atoms with Gasteiger partial charge in [-0.05, 0) is 37.6 Å². The Kier molecular flexibility index (Phi) is 2.97. The molecule has 2 N–H and O–H groups in total. The van der Waals surface area contributed by atoms with Gasteiger partial charge in [0.15, 0.2) is 0 Å². The van der Waals surface area contributed by atoms with Crippen molar-refractivity contribution in [2.24, 2.45) is 0 Å². The number of carboxylic acids is 1. The summed E-state index contributed by atoms with van der Waals surface area (Å²) in [6.07, 6.45) is 0.